The van der Waals surface area contributed by atoms with Gasteiger partial charge < -0.3 is 10.4 Å². The Bertz CT molecular complexity index is 296. The summed E-state index contributed by atoms with van der Waals surface area (Å²) in [6.45, 7) is 3.96. The molecule has 0 aliphatic rings. The van der Waals surface area contributed by atoms with Gasteiger partial charge in [0.1, 0.15) is 5.75 Å². The normalized spacial score (nSPS) is 12.5. The second-order valence-electron chi connectivity index (χ2n) is 2.95. The van der Waals surface area contributed by atoms with Crippen molar-refractivity contribution < 1.29 is 9.90 Å². The highest BCUT2D eigenvalue weighted by Crippen LogP contribution is 2.19. The van der Waals surface area contributed by atoms with Crippen molar-refractivity contribution in [3.05, 3.63) is 16.3 Å². The summed E-state index contributed by atoms with van der Waals surface area (Å²) < 4.78 is 0. The lowest BCUT2D eigenvalue weighted by Crippen LogP contribution is -2.31. The first-order valence-corrected chi connectivity index (χ1v) is 5.09. The highest BCUT2D eigenvalue weighted by atomic mass is 32.1. The molecule has 1 atom stereocenters. The molecule has 1 aromatic rings. The average molecular weight is 199 g/mol. The minimum atomic E-state index is -0.111. The predicted molar refractivity (Wildman–Crippen MR) is 53.2 cm³/mol. The molecule has 1 heterocycles. The van der Waals surface area contributed by atoms with Crippen LogP contribution in [0, 0.1) is 0 Å². The van der Waals surface area contributed by atoms with Crippen LogP contribution in [0.15, 0.2) is 11.4 Å². The number of hydrogen-bond acceptors (Lipinski definition) is 3. The van der Waals surface area contributed by atoms with Gasteiger partial charge in [-0.05, 0) is 13.3 Å². The Morgan fingerprint density at radius 2 is 2.46 bits per heavy atom. The van der Waals surface area contributed by atoms with E-state index >= 15 is 0 Å². The lowest BCUT2D eigenvalue weighted by Gasteiger charge is -2.09. The second-order valence-corrected chi connectivity index (χ2v) is 3.86. The molecule has 0 spiro atoms. The van der Waals surface area contributed by atoms with Crippen LogP contribution in [0.25, 0.3) is 0 Å². The molecule has 4 heteroatoms. The van der Waals surface area contributed by atoms with Gasteiger partial charge in [0, 0.05) is 17.5 Å². The lowest BCUT2D eigenvalue weighted by molar-refractivity contribution is 0.0943. The van der Waals surface area contributed by atoms with E-state index in [0.29, 0.717) is 4.88 Å². The second kappa shape index (κ2) is 4.28. The molecule has 0 aliphatic carbocycles. The van der Waals surface area contributed by atoms with Crippen LogP contribution in [0.2, 0.25) is 0 Å². The molecular weight excluding hydrogens is 186 g/mol. The minimum Gasteiger partial charge on any atom is -0.507 e. The van der Waals surface area contributed by atoms with Crippen molar-refractivity contribution in [2.45, 2.75) is 26.3 Å². The molecule has 0 aliphatic heterocycles. The zero-order valence-corrected chi connectivity index (χ0v) is 8.52. The van der Waals surface area contributed by atoms with E-state index in [9.17, 15) is 4.79 Å². The number of hydrogen-bond donors (Lipinski definition) is 2. The average Bonchev–Trinajstić information content (AvgIpc) is 2.51. The molecule has 0 bridgehead atoms. The molecule has 0 saturated heterocycles. The molecule has 0 fully saturated rings. The quantitative estimate of drug-likeness (QED) is 0.782. The van der Waals surface area contributed by atoms with E-state index < -0.39 is 0 Å². The molecular formula is C9H13NO2S. The summed E-state index contributed by atoms with van der Waals surface area (Å²) in [4.78, 5) is 12.0. The van der Waals surface area contributed by atoms with E-state index in [2.05, 4.69) is 5.32 Å². The van der Waals surface area contributed by atoms with Crippen LogP contribution in [-0.4, -0.2) is 17.1 Å². The van der Waals surface area contributed by atoms with E-state index in [1.165, 1.54) is 17.4 Å². The SMILES string of the molecule is CCC(C)NC(=O)c1cc(O)cs1. The van der Waals surface area contributed by atoms with Crippen molar-refractivity contribution in [2.24, 2.45) is 0 Å². The van der Waals surface area contributed by atoms with Gasteiger partial charge in [-0.2, -0.15) is 0 Å². The van der Waals surface area contributed by atoms with Gasteiger partial charge in [0.2, 0.25) is 0 Å². The van der Waals surface area contributed by atoms with Crippen LogP contribution < -0.4 is 5.32 Å². The topological polar surface area (TPSA) is 49.3 Å². The number of aromatic hydroxyl groups is 1. The van der Waals surface area contributed by atoms with Crippen molar-refractivity contribution in [1.82, 2.24) is 5.32 Å². The highest BCUT2D eigenvalue weighted by Gasteiger charge is 2.10. The van der Waals surface area contributed by atoms with E-state index in [-0.39, 0.29) is 17.7 Å². The van der Waals surface area contributed by atoms with Crippen molar-refractivity contribution >= 4 is 17.2 Å². The molecule has 13 heavy (non-hydrogen) atoms. The first-order chi connectivity index (χ1) is 6.13. The van der Waals surface area contributed by atoms with Crippen molar-refractivity contribution in [2.75, 3.05) is 0 Å². The zero-order valence-electron chi connectivity index (χ0n) is 7.70. The summed E-state index contributed by atoms with van der Waals surface area (Å²) in [6.07, 6.45) is 0.906. The fourth-order valence-corrected chi connectivity index (χ4v) is 1.51. The summed E-state index contributed by atoms with van der Waals surface area (Å²) in [5.74, 6) is 0.0407. The molecule has 1 rings (SSSR count). The lowest BCUT2D eigenvalue weighted by atomic mass is 10.2. The van der Waals surface area contributed by atoms with Gasteiger partial charge in [0.05, 0.1) is 4.88 Å². The molecule has 72 valence electrons. The maximum atomic E-state index is 11.4. The van der Waals surface area contributed by atoms with Gasteiger partial charge in [-0.25, -0.2) is 0 Å². The molecule has 3 nitrogen and oxygen atoms in total. The maximum Gasteiger partial charge on any atom is 0.261 e. The third-order valence-corrected chi connectivity index (χ3v) is 2.72. The Hall–Kier alpha value is -1.03. The van der Waals surface area contributed by atoms with Crippen LogP contribution in [-0.2, 0) is 0 Å². The fraction of sp³-hybridized carbons (Fsp3) is 0.444. The van der Waals surface area contributed by atoms with Gasteiger partial charge >= 0.3 is 0 Å². The van der Waals surface area contributed by atoms with Crippen LogP contribution in [0.3, 0.4) is 0 Å². The molecule has 0 aromatic carbocycles. The number of nitrogens with one attached hydrogen (secondary N) is 1. The number of amides is 1. The number of thiophene rings is 1. The Kier molecular flexibility index (Phi) is 3.31. The molecule has 0 saturated carbocycles. The molecule has 1 amide bonds. The third-order valence-electron chi connectivity index (χ3n) is 1.80. The van der Waals surface area contributed by atoms with Crippen LogP contribution >= 0.6 is 11.3 Å². The van der Waals surface area contributed by atoms with Gasteiger partial charge in [0.25, 0.3) is 5.91 Å². The Morgan fingerprint density at radius 1 is 1.77 bits per heavy atom. The van der Waals surface area contributed by atoms with Crippen LogP contribution in [0.4, 0.5) is 0 Å². The van der Waals surface area contributed by atoms with Crippen LogP contribution in [0.5, 0.6) is 5.75 Å². The number of carbonyl (C=O) groups excluding carboxylic acids is 1. The first kappa shape index (κ1) is 10.1. The molecule has 1 unspecified atom stereocenters. The Balaban J connectivity index is 2.58. The first-order valence-electron chi connectivity index (χ1n) is 4.21. The molecule has 2 N–H and O–H groups in total. The van der Waals surface area contributed by atoms with Gasteiger partial charge in [-0.3, -0.25) is 4.79 Å². The predicted octanol–water partition coefficient (Wildman–Crippen LogP) is 1.98. The van der Waals surface area contributed by atoms with Crippen molar-refractivity contribution in [1.29, 1.82) is 0 Å². The summed E-state index contributed by atoms with van der Waals surface area (Å²) in [5, 5.41) is 13.4. The van der Waals surface area contributed by atoms with Crippen molar-refractivity contribution in [3.8, 4) is 5.75 Å². The summed E-state index contributed by atoms with van der Waals surface area (Å²) >= 11 is 1.25. The smallest absolute Gasteiger partial charge is 0.261 e. The minimum absolute atomic E-state index is 0.111. The molecule has 1 aromatic heterocycles. The Morgan fingerprint density at radius 3 is 2.92 bits per heavy atom. The van der Waals surface area contributed by atoms with E-state index in [1.807, 2.05) is 13.8 Å². The van der Waals surface area contributed by atoms with Gasteiger partial charge in [-0.1, -0.05) is 6.92 Å². The summed E-state index contributed by atoms with van der Waals surface area (Å²) in [7, 11) is 0. The van der Waals surface area contributed by atoms with Gasteiger partial charge in [0.15, 0.2) is 0 Å². The fourth-order valence-electron chi connectivity index (χ4n) is 0.842. The van der Waals surface area contributed by atoms with E-state index in [4.69, 9.17) is 5.11 Å². The van der Waals surface area contributed by atoms with Gasteiger partial charge in [-0.15, -0.1) is 11.3 Å². The monoisotopic (exact) mass is 199 g/mol. The van der Waals surface area contributed by atoms with Crippen LogP contribution in [0.1, 0.15) is 29.9 Å². The highest BCUT2D eigenvalue weighted by molar-refractivity contribution is 7.12. The number of carbonyl (C=O) groups is 1. The molecule has 0 radical (unpaired) electrons. The summed E-state index contributed by atoms with van der Waals surface area (Å²) in [5.41, 5.74) is 0. The summed E-state index contributed by atoms with van der Waals surface area (Å²) in [6, 6.07) is 1.65. The maximum absolute atomic E-state index is 11.4. The van der Waals surface area contributed by atoms with E-state index in [1.54, 1.807) is 5.38 Å². The Labute approximate surface area is 81.4 Å². The largest absolute Gasteiger partial charge is 0.507 e. The number of rotatable bonds is 3. The van der Waals surface area contributed by atoms with Crippen molar-refractivity contribution in [3.63, 3.8) is 0 Å². The van der Waals surface area contributed by atoms with E-state index in [0.717, 1.165) is 6.42 Å². The standard InChI is InChI=1S/C9H13NO2S/c1-3-6(2)10-9(12)8-4-7(11)5-13-8/h4-6,11H,3H2,1-2H3,(H,10,12). The zero-order chi connectivity index (χ0) is 9.84. The third kappa shape index (κ3) is 2.73.